The van der Waals surface area contributed by atoms with Crippen LogP contribution in [0.4, 0.5) is 0 Å². The molecule has 1 heterocycles. The molecule has 0 saturated carbocycles. The maximum absolute atomic E-state index is 12.1. The van der Waals surface area contributed by atoms with Crippen LogP contribution in [0.1, 0.15) is 42.9 Å². The van der Waals surface area contributed by atoms with Gasteiger partial charge in [0.25, 0.3) is 5.91 Å². The van der Waals surface area contributed by atoms with Crippen LogP contribution < -0.4 is 5.32 Å². The molecular weight excluding hydrogens is 342 g/mol. The Bertz CT molecular complexity index is 758. The number of fused-ring (bicyclic) bond motifs is 1. The summed E-state index contributed by atoms with van der Waals surface area (Å²) in [5, 5.41) is 2.93. The van der Waals surface area contributed by atoms with Gasteiger partial charge >= 0.3 is 5.97 Å². The summed E-state index contributed by atoms with van der Waals surface area (Å²) in [6, 6.07) is 8.00. The first-order valence-electron chi connectivity index (χ1n) is 8.66. The van der Waals surface area contributed by atoms with E-state index in [0.717, 1.165) is 24.8 Å². The van der Waals surface area contributed by atoms with Crippen LogP contribution in [0.15, 0.2) is 24.3 Å². The molecule has 0 aromatic heterocycles. The van der Waals surface area contributed by atoms with Crippen molar-refractivity contribution >= 4 is 21.7 Å². The third-order valence-electron chi connectivity index (χ3n) is 4.85. The molecule has 6 nitrogen and oxygen atoms in total. The number of carbonyl (C=O) groups is 2. The van der Waals surface area contributed by atoms with Gasteiger partial charge in [-0.3, -0.25) is 9.59 Å². The highest BCUT2D eigenvalue weighted by atomic mass is 32.2. The fraction of sp³-hybridized carbons (Fsp3) is 0.556. The molecule has 1 aliphatic carbocycles. The zero-order chi connectivity index (χ0) is 17.9. The Balaban J connectivity index is 1.45. The summed E-state index contributed by atoms with van der Waals surface area (Å²) in [6.07, 6.45) is 3.44. The minimum absolute atomic E-state index is 0.0349. The SMILES string of the molecule is O=C(COC(=O)C[C@@H]1CCS(=O)(=O)C1)N[C@H]1CCCc2ccccc21. The van der Waals surface area contributed by atoms with Gasteiger partial charge in [-0.1, -0.05) is 24.3 Å². The molecule has 1 amide bonds. The van der Waals surface area contributed by atoms with Crippen LogP contribution in [0.2, 0.25) is 0 Å². The van der Waals surface area contributed by atoms with Gasteiger partial charge in [0.1, 0.15) is 0 Å². The third kappa shape index (κ3) is 4.81. The van der Waals surface area contributed by atoms with Gasteiger partial charge in [0.2, 0.25) is 0 Å². The van der Waals surface area contributed by atoms with Gasteiger partial charge in [0, 0.05) is 6.42 Å². The van der Waals surface area contributed by atoms with Gasteiger partial charge in [-0.15, -0.1) is 0 Å². The largest absolute Gasteiger partial charge is 0.456 e. The quantitative estimate of drug-likeness (QED) is 0.800. The first-order valence-corrected chi connectivity index (χ1v) is 10.5. The van der Waals surface area contributed by atoms with Gasteiger partial charge in [0.15, 0.2) is 16.4 Å². The Kier molecular flexibility index (Phi) is 5.42. The smallest absolute Gasteiger partial charge is 0.306 e. The van der Waals surface area contributed by atoms with Crippen LogP contribution in [0, 0.1) is 5.92 Å². The average Bonchev–Trinajstić information content (AvgIpc) is 2.92. The summed E-state index contributed by atoms with van der Waals surface area (Å²) in [5.41, 5.74) is 2.38. The molecule has 0 spiro atoms. The van der Waals surface area contributed by atoms with E-state index in [-0.39, 0.29) is 42.4 Å². The topological polar surface area (TPSA) is 89.5 Å². The highest BCUT2D eigenvalue weighted by Crippen LogP contribution is 2.29. The second-order valence-electron chi connectivity index (χ2n) is 6.85. The van der Waals surface area contributed by atoms with Crippen LogP contribution in [0.25, 0.3) is 0 Å². The van der Waals surface area contributed by atoms with Gasteiger partial charge in [-0.25, -0.2) is 8.42 Å². The second kappa shape index (κ2) is 7.56. The number of sulfone groups is 1. The van der Waals surface area contributed by atoms with Crippen LogP contribution in [-0.4, -0.2) is 38.4 Å². The van der Waals surface area contributed by atoms with E-state index in [1.807, 2.05) is 18.2 Å². The van der Waals surface area contributed by atoms with Gasteiger partial charge < -0.3 is 10.1 Å². The predicted molar refractivity (Wildman–Crippen MR) is 92.6 cm³/mol. The fourth-order valence-electron chi connectivity index (χ4n) is 3.61. The fourth-order valence-corrected chi connectivity index (χ4v) is 5.48. The minimum Gasteiger partial charge on any atom is -0.456 e. The monoisotopic (exact) mass is 365 g/mol. The second-order valence-corrected chi connectivity index (χ2v) is 9.07. The summed E-state index contributed by atoms with van der Waals surface area (Å²) in [5.74, 6) is -0.860. The molecule has 2 aliphatic rings. The summed E-state index contributed by atoms with van der Waals surface area (Å²) >= 11 is 0. The Labute approximate surface area is 147 Å². The van der Waals surface area contributed by atoms with E-state index in [1.165, 1.54) is 5.56 Å². The summed E-state index contributed by atoms with van der Waals surface area (Å²) in [4.78, 5) is 23.9. The normalized spacial score (nSPS) is 24.3. The molecule has 0 radical (unpaired) electrons. The Morgan fingerprint density at radius 3 is 2.76 bits per heavy atom. The molecule has 1 fully saturated rings. The van der Waals surface area contributed by atoms with Crippen molar-refractivity contribution in [3.8, 4) is 0 Å². The molecule has 1 saturated heterocycles. The summed E-state index contributed by atoms with van der Waals surface area (Å²) < 4.78 is 27.8. The number of ether oxygens (including phenoxy) is 1. The zero-order valence-corrected chi connectivity index (χ0v) is 14.9. The van der Waals surface area contributed by atoms with Crippen molar-refractivity contribution in [3.63, 3.8) is 0 Å². The Morgan fingerprint density at radius 2 is 2.00 bits per heavy atom. The highest BCUT2D eigenvalue weighted by Gasteiger charge is 2.30. The molecule has 0 unspecified atom stereocenters. The van der Waals surface area contributed by atoms with Crippen molar-refractivity contribution in [2.24, 2.45) is 5.92 Å². The number of hydrogen-bond donors (Lipinski definition) is 1. The number of esters is 1. The average molecular weight is 365 g/mol. The number of benzene rings is 1. The lowest BCUT2D eigenvalue weighted by Crippen LogP contribution is -2.34. The Morgan fingerprint density at radius 1 is 1.20 bits per heavy atom. The van der Waals surface area contributed by atoms with Gasteiger partial charge in [-0.2, -0.15) is 0 Å². The van der Waals surface area contributed by atoms with Crippen molar-refractivity contribution in [2.75, 3.05) is 18.1 Å². The zero-order valence-electron chi connectivity index (χ0n) is 14.1. The maximum atomic E-state index is 12.1. The number of nitrogens with one attached hydrogen (secondary N) is 1. The van der Waals surface area contributed by atoms with Crippen LogP contribution >= 0.6 is 0 Å². The number of hydrogen-bond acceptors (Lipinski definition) is 5. The molecular formula is C18H23NO5S. The Hall–Kier alpha value is -1.89. The molecule has 25 heavy (non-hydrogen) atoms. The molecule has 2 atom stereocenters. The van der Waals surface area contributed by atoms with E-state index in [9.17, 15) is 18.0 Å². The molecule has 136 valence electrons. The molecule has 3 rings (SSSR count). The van der Waals surface area contributed by atoms with Crippen LogP contribution in [0.5, 0.6) is 0 Å². The molecule has 0 bridgehead atoms. The van der Waals surface area contributed by atoms with E-state index in [4.69, 9.17) is 4.74 Å². The predicted octanol–water partition coefficient (Wildman–Crippen LogP) is 1.55. The minimum atomic E-state index is -3.01. The van der Waals surface area contributed by atoms with Crippen molar-refractivity contribution < 1.29 is 22.7 Å². The maximum Gasteiger partial charge on any atom is 0.306 e. The molecule has 1 aromatic rings. The van der Waals surface area contributed by atoms with Crippen LogP contribution in [0.3, 0.4) is 0 Å². The lowest BCUT2D eigenvalue weighted by atomic mass is 9.88. The number of aryl methyl sites for hydroxylation is 1. The third-order valence-corrected chi connectivity index (χ3v) is 6.69. The lowest BCUT2D eigenvalue weighted by molar-refractivity contribution is -0.149. The molecule has 7 heteroatoms. The number of rotatable bonds is 5. The van der Waals surface area contributed by atoms with E-state index in [0.29, 0.717) is 6.42 Å². The van der Waals surface area contributed by atoms with Crippen molar-refractivity contribution in [1.29, 1.82) is 0 Å². The molecule has 1 aliphatic heterocycles. The molecule has 1 N–H and O–H groups in total. The van der Waals surface area contributed by atoms with Crippen molar-refractivity contribution in [2.45, 2.75) is 38.1 Å². The van der Waals surface area contributed by atoms with Crippen molar-refractivity contribution in [1.82, 2.24) is 5.32 Å². The first kappa shape index (κ1) is 17.9. The highest BCUT2D eigenvalue weighted by molar-refractivity contribution is 7.91. The van der Waals surface area contributed by atoms with E-state index in [1.54, 1.807) is 0 Å². The molecule has 1 aromatic carbocycles. The number of carbonyl (C=O) groups excluding carboxylic acids is 2. The summed E-state index contributed by atoms with van der Waals surface area (Å²) in [6.45, 7) is -0.322. The van der Waals surface area contributed by atoms with E-state index in [2.05, 4.69) is 11.4 Å². The van der Waals surface area contributed by atoms with E-state index < -0.39 is 15.8 Å². The van der Waals surface area contributed by atoms with Crippen molar-refractivity contribution in [3.05, 3.63) is 35.4 Å². The first-order chi connectivity index (χ1) is 11.9. The lowest BCUT2D eigenvalue weighted by Gasteiger charge is -2.26. The van der Waals surface area contributed by atoms with Gasteiger partial charge in [0.05, 0.1) is 17.5 Å². The summed E-state index contributed by atoms with van der Waals surface area (Å²) in [7, 11) is -3.01. The standard InChI is InChI=1S/C18H23NO5S/c20-17(11-24-18(21)10-13-8-9-25(22,23)12-13)19-16-7-3-5-14-4-1-2-6-15(14)16/h1-2,4,6,13,16H,3,5,7-12H2,(H,19,20)/t13-,16-/m0/s1. The van der Waals surface area contributed by atoms with E-state index >= 15 is 0 Å². The van der Waals surface area contributed by atoms with Crippen LogP contribution in [-0.2, 0) is 30.6 Å². The number of amides is 1. The van der Waals surface area contributed by atoms with Gasteiger partial charge in [-0.05, 0) is 42.7 Å².